The normalized spacial score (nSPS) is 12.3. The molecule has 1 heterocycles. The highest BCUT2D eigenvalue weighted by Gasteiger charge is 2.21. The number of aromatic nitrogens is 2. The molecule has 0 aliphatic rings. The Labute approximate surface area is 173 Å². The highest BCUT2D eigenvalue weighted by Crippen LogP contribution is 2.31. The summed E-state index contributed by atoms with van der Waals surface area (Å²) in [7, 11) is 0. The van der Waals surface area contributed by atoms with Crippen LogP contribution in [0.25, 0.3) is 5.69 Å². The minimum absolute atomic E-state index is 0.382. The van der Waals surface area contributed by atoms with Crippen LogP contribution in [0.5, 0.6) is 11.6 Å². The second kappa shape index (κ2) is 9.72. The lowest BCUT2D eigenvalue weighted by atomic mass is 10.2. The summed E-state index contributed by atoms with van der Waals surface area (Å²) < 4.78 is 8.24. The lowest BCUT2D eigenvalue weighted by Crippen LogP contribution is -2.31. The van der Waals surface area contributed by atoms with Gasteiger partial charge in [0.15, 0.2) is 0 Å². The molecule has 5 heteroatoms. The zero-order valence-corrected chi connectivity index (χ0v) is 17.8. The molecule has 1 N–H and O–H groups in total. The number of rotatable bonds is 9. The van der Waals surface area contributed by atoms with Crippen LogP contribution in [0.15, 0.2) is 54.6 Å². The highest BCUT2D eigenvalue weighted by molar-refractivity contribution is 5.43. The maximum atomic E-state index is 9.92. The molecule has 0 bridgehead atoms. The SMILES string of the molecule is CCCN(Cc1c(C)nn(-c2ccccc2)c1Oc1ccc(C)cc1)CC(C)O. The van der Waals surface area contributed by atoms with Crippen LogP contribution >= 0.6 is 0 Å². The minimum atomic E-state index is -0.382. The molecule has 0 fully saturated rings. The minimum Gasteiger partial charge on any atom is -0.439 e. The Morgan fingerprint density at radius 2 is 1.76 bits per heavy atom. The summed E-state index contributed by atoms with van der Waals surface area (Å²) in [5.41, 5.74) is 4.13. The number of hydrogen-bond donors (Lipinski definition) is 1. The first-order valence-electron chi connectivity index (χ1n) is 10.3. The van der Waals surface area contributed by atoms with E-state index in [9.17, 15) is 5.11 Å². The molecule has 0 amide bonds. The second-order valence-electron chi connectivity index (χ2n) is 7.62. The number of nitrogens with zero attached hydrogens (tertiary/aromatic N) is 3. The van der Waals surface area contributed by atoms with Crippen molar-refractivity contribution in [1.29, 1.82) is 0 Å². The Morgan fingerprint density at radius 1 is 1.07 bits per heavy atom. The van der Waals surface area contributed by atoms with Gasteiger partial charge in [0, 0.05) is 13.1 Å². The molecule has 0 saturated heterocycles. The highest BCUT2D eigenvalue weighted by atomic mass is 16.5. The summed E-state index contributed by atoms with van der Waals surface area (Å²) in [6.45, 7) is 10.3. The number of aliphatic hydroxyl groups is 1. The molecule has 3 aromatic rings. The largest absolute Gasteiger partial charge is 0.439 e. The summed E-state index contributed by atoms with van der Waals surface area (Å²) in [5.74, 6) is 1.51. The molecule has 0 saturated carbocycles. The van der Waals surface area contributed by atoms with Crippen molar-refractivity contribution < 1.29 is 9.84 Å². The third kappa shape index (κ3) is 5.46. The fourth-order valence-electron chi connectivity index (χ4n) is 3.44. The van der Waals surface area contributed by atoms with Crippen LogP contribution < -0.4 is 4.74 Å². The van der Waals surface area contributed by atoms with Crippen LogP contribution in [0.3, 0.4) is 0 Å². The molecule has 0 aliphatic heterocycles. The van der Waals surface area contributed by atoms with Crippen LogP contribution in [0.1, 0.15) is 37.1 Å². The molecule has 1 unspecified atom stereocenters. The number of hydrogen-bond acceptors (Lipinski definition) is 4. The molecule has 1 aromatic heterocycles. The average Bonchev–Trinajstić information content (AvgIpc) is 3.00. The van der Waals surface area contributed by atoms with E-state index in [1.165, 1.54) is 5.56 Å². The van der Waals surface area contributed by atoms with E-state index in [0.29, 0.717) is 13.1 Å². The summed E-state index contributed by atoms with van der Waals surface area (Å²) >= 11 is 0. The predicted octanol–water partition coefficient (Wildman–Crippen LogP) is 4.87. The number of benzene rings is 2. The number of aliphatic hydroxyl groups excluding tert-OH is 1. The first-order valence-corrected chi connectivity index (χ1v) is 10.3. The third-order valence-electron chi connectivity index (χ3n) is 4.82. The number of ether oxygens (including phenoxy) is 1. The quantitative estimate of drug-likeness (QED) is 0.563. The summed E-state index contributed by atoms with van der Waals surface area (Å²) in [6, 6.07) is 18.1. The van der Waals surface area contributed by atoms with E-state index in [0.717, 1.165) is 41.5 Å². The van der Waals surface area contributed by atoms with Crippen molar-refractivity contribution >= 4 is 0 Å². The van der Waals surface area contributed by atoms with Gasteiger partial charge < -0.3 is 9.84 Å². The first-order chi connectivity index (χ1) is 14.0. The van der Waals surface area contributed by atoms with Gasteiger partial charge in [0.2, 0.25) is 5.88 Å². The van der Waals surface area contributed by atoms with E-state index in [1.54, 1.807) is 0 Å². The van der Waals surface area contributed by atoms with Crippen molar-refractivity contribution in [3.63, 3.8) is 0 Å². The van der Waals surface area contributed by atoms with Crippen LogP contribution in [0, 0.1) is 13.8 Å². The van der Waals surface area contributed by atoms with E-state index in [4.69, 9.17) is 9.84 Å². The van der Waals surface area contributed by atoms with Crippen molar-refractivity contribution in [3.05, 3.63) is 71.4 Å². The van der Waals surface area contributed by atoms with Gasteiger partial charge in [-0.15, -0.1) is 0 Å². The van der Waals surface area contributed by atoms with Crippen molar-refractivity contribution in [1.82, 2.24) is 14.7 Å². The Balaban J connectivity index is 2.01. The van der Waals surface area contributed by atoms with Gasteiger partial charge in [0.1, 0.15) is 5.75 Å². The Hall–Kier alpha value is -2.63. The zero-order chi connectivity index (χ0) is 20.8. The summed E-state index contributed by atoms with van der Waals surface area (Å²) in [5, 5.41) is 14.7. The van der Waals surface area contributed by atoms with Crippen LogP contribution in [0.2, 0.25) is 0 Å². The van der Waals surface area contributed by atoms with Gasteiger partial charge in [-0.1, -0.05) is 42.8 Å². The molecule has 5 nitrogen and oxygen atoms in total. The van der Waals surface area contributed by atoms with Crippen molar-refractivity contribution in [3.8, 4) is 17.3 Å². The molecule has 0 radical (unpaired) electrons. The Morgan fingerprint density at radius 3 is 2.38 bits per heavy atom. The van der Waals surface area contributed by atoms with E-state index >= 15 is 0 Å². The van der Waals surface area contributed by atoms with Crippen molar-refractivity contribution in [2.45, 2.75) is 46.8 Å². The van der Waals surface area contributed by atoms with Gasteiger partial charge in [-0.05, 0) is 58.0 Å². The predicted molar refractivity (Wildman–Crippen MR) is 117 cm³/mol. The lowest BCUT2D eigenvalue weighted by molar-refractivity contribution is 0.122. The summed E-state index contributed by atoms with van der Waals surface area (Å²) in [6.07, 6.45) is 0.639. The van der Waals surface area contributed by atoms with Gasteiger partial charge >= 0.3 is 0 Å². The number of aryl methyl sites for hydroxylation is 2. The molecule has 29 heavy (non-hydrogen) atoms. The molecule has 0 aliphatic carbocycles. The fourth-order valence-corrected chi connectivity index (χ4v) is 3.44. The molecule has 3 rings (SSSR count). The molecule has 2 aromatic carbocycles. The Kier molecular flexibility index (Phi) is 7.07. The number of para-hydroxylation sites is 1. The van der Waals surface area contributed by atoms with E-state index in [1.807, 2.05) is 73.1 Å². The molecular formula is C24H31N3O2. The fraction of sp³-hybridized carbons (Fsp3) is 0.375. The standard InChI is InChI=1S/C24H31N3O2/c1-5-15-26(16-19(3)28)17-23-20(4)25-27(21-9-7-6-8-10-21)24(23)29-22-13-11-18(2)12-14-22/h6-14,19,28H,5,15-17H2,1-4H3. The van der Waals surface area contributed by atoms with Gasteiger partial charge in [0.25, 0.3) is 0 Å². The van der Waals surface area contributed by atoms with Crippen LogP contribution in [-0.4, -0.2) is 39.0 Å². The molecular weight excluding hydrogens is 362 g/mol. The van der Waals surface area contributed by atoms with Crippen LogP contribution in [-0.2, 0) is 6.54 Å². The monoisotopic (exact) mass is 393 g/mol. The lowest BCUT2D eigenvalue weighted by Gasteiger charge is -2.23. The molecule has 154 valence electrons. The first kappa shape index (κ1) is 21.1. The van der Waals surface area contributed by atoms with Crippen LogP contribution in [0.4, 0.5) is 0 Å². The molecule has 0 spiro atoms. The Bertz CT molecular complexity index is 902. The van der Waals surface area contributed by atoms with Gasteiger partial charge in [-0.3, -0.25) is 4.90 Å². The van der Waals surface area contributed by atoms with Crippen molar-refractivity contribution in [2.75, 3.05) is 13.1 Å². The smallest absolute Gasteiger partial charge is 0.227 e. The maximum absolute atomic E-state index is 9.92. The van der Waals surface area contributed by atoms with Gasteiger partial charge in [-0.2, -0.15) is 5.10 Å². The van der Waals surface area contributed by atoms with E-state index in [-0.39, 0.29) is 6.10 Å². The maximum Gasteiger partial charge on any atom is 0.227 e. The van der Waals surface area contributed by atoms with Crippen molar-refractivity contribution in [2.24, 2.45) is 0 Å². The average molecular weight is 394 g/mol. The third-order valence-corrected chi connectivity index (χ3v) is 4.82. The van der Waals surface area contributed by atoms with Gasteiger partial charge in [-0.25, -0.2) is 4.68 Å². The van der Waals surface area contributed by atoms with E-state index < -0.39 is 0 Å². The second-order valence-corrected chi connectivity index (χ2v) is 7.62. The topological polar surface area (TPSA) is 50.5 Å². The summed E-state index contributed by atoms with van der Waals surface area (Å²) in [4.78, 5) is 2.26. The molecule has 1 atom stereocenters. The van der Waals surface area contributed by atoms with Gasteiger partial charge in [0.05, 0.1) is 23.0 Å². The van der Waals surface area contributed by atoms with E-state index in [2.05, 4.69) is 18.7 Å². The zero-order valence-electron chi connectivity index (χ0n) is 17.8.